The molecule has 2 bridgehead atoms. The van der Waals surface area contributed by atoms with Gasteiger partial charge in [0.15, 0.2) is 0 Å². The van der Waals surface area contributed by atoms with Gasteiger partial charge in [-0.1, -0.05) is 40.5 Å². The fourth-order valence-electron chi connectivity index (χ4n) is 5.77. The van der Waals surface area contributed by atoms with Crippen LogP contribution in [-0.2, 0) is 4.79 Å². The molecule has 1 heterocycles. The number of nitrogens with two attached hydrogens (primary N) is 1. The second-order valence-corrected chi connectivity index (χ2v) is 9.50. The molecule has 0 aromatic heterocycles. The number of nitrogens with zero attached hydrogens (tertiary/aromatic N) is 1. The van der Waals surface area contributed by atoms with Crippen molar-refractivity contribution in [3.05, 3.63) is 0 Å². The van der Waals surface area contributed by atoms with Crippen LogP contribution in [0, 0.1) is 16.7 Å². The number of amides is 1. The lowest BCUT2D eigenvalue weighted by Crippen LogP contribution is -2.58. The summed E-state index contributed by atoms with van der Waals surface area (Å²) in [6, 6.07) is 0.420. The molecule has 0 spiro atoms. The van der Waals surface area contributed by atoms with Crippen LogP contribution in [0.1, 0.15) is 72.6 Å². The first-order chi connectivity index (χ1) is 9.63. The molecule has 4 unspecified atom stereocenters. The number of rotatable bonds is 1. The maximum Gasteiger partial charge on any atom is 0.242 e. The zero-order valence-corrected chi connectivity index (χ0v) is 14.2. The molecule has 0 aromatic carbocycles. The van der Waals surface area contributed by atoms with Gasteiger partial charge in [-0.15, -0.1) is 0 Å². The standard InChI is InChI=1S/C18H32N2O/c1-13-6-5-7-18(19,8-13)15(21)20-12-17(4)10-14(20)9-16(2,3)11-17/h13-14H,5-12,19H2,1-4H3. The smallest absolute Gasteiger partial charge is 0.242 e. The van der Waals surface area contributed by atoms with E-state index in [1.807, 2.05) is 0 Å². The minimum atomic E-state index is -0.588. The molecule has 0 radical (unpaired) electrons. The molecule has 2 aliphatic carbocycles. The third-order valence-electron chi connectivity index (χ3n) is 6.13. The third kappa shape index (κ3) is 2.74. The predicted molar refractivity (Wildman–Crippen MR) is 85.8 cm³/mol. The number of carbonyl (C=O) groups is 1. The number of likely N-dealkylation sites (tertiary alicyclic amines) is 1. The van der Waals surface area contributed by atoms with Gasteiger partial charge >= 0.3 is 0 Å². The molecule has 21 heavy (non-hydrogen) atoms. The summed E-state index contributed by atoms with van der Waals surface area (Å²) in [6.07, 6.45) is 7.61. The van der Waals surface area contributed by atoms with Gasteiger partial charge in [-0.25, -0.2) is 0 Å². The summed E-state index contributed by atoms with van der Waals surface area (Å²) in [5.41, 5.74) is 6.65. The molecule has 2 N–H and O–H groups in total. The Labute approximate surface area is 129 Å². The highest BCUT2D eigenvalue weighted by Crippen LogP contribution is 2.53. The van der Waals surface area contributed by atoms with Crippen molar-refractivity contribution in [2.75, 3.05) is 6.54 Å². The Kier molecular flexibility index (Phi) is 3.44. The number of hydrogen-bond acceptors (Lipinski definition) is 2. The van der Waals surface area contributed by atoms with Gasteiger partial charge in [0.1, 0.15) is 0 Å². The monoisotopic (exact) mass is 292 g/mol. The molecular weight excluding hydrogens is 260 g/mol. The van der Waals surface area contributed by atoms with Gasteiger partial charge < -0.3 is 10.6 Å². The van der Waals surface area contributed by atoms with E-state index in [4.69, 9.17) is 5.73 Å². The second-order valence-electron chi connectivity index (χ2n) is 9.50. The van der Waals surface area contributed by atoms with Crippen molar-refractivity contribution < 1.29 is 4.79 Å². The summed E-state index contributed by atoms with van der Waals surface area (Å²) < 4.78 is 0. The number of carbonyl (C=O) groups excluding carboxylic acids is 1. The molecule has 3 nitrogen and oxygen atoms in total. The van der Waals surface area contributed by atoms with Gasteiger partial charge in [0.25, 0.3) is 0 Å². The van der Waals surface area contributed by atoms with Gasteiger partial charge in [-0.3, -0.25) is 4.79 Å². The van der Waals surface area contributed by atoms with Crippen molar-refractivity contribution in [1.29, 1.82) is 0 Å². The first kappa shape index (κ1) is 15.3. The van der Waals surface area contributed by atoms with E-state index < -0.39 is 5.54 Å². The molecule has 120 valence electrons. The summed E-state index contributed by atoms with van der Waals surface area (Å²) >= 11 is 0. The Morgan fingerprint density at radius 3 is 2.57 bits per heavy atom. The summed E-state index contributed by atoms with van der Waals surface area (Å²) in [7, 11) is 0. The van der Waals surface area contributed by atoms with Gasteiger partial charge in [0, 0.05) is 12.6 Å². The first-order valence-electron chi connectivity index (χ1n) is 8.73. The second kappa shape index (κ2) is 4.71. The van der Waals surface area contributed by atoms with Crippen LogP contribution < -0.4 is 5.73 Å². The van der Waals surface area contributed by atoms with Crippen molar-refractivity contribution in [1.82, 2.24) is 4.90 Å². The van der Waals surface area contributed by atoms with Crippen molar-refractivity contribution >= 4 is 5.91 Å². The predicted octanol–water partition coefficient (Wildman–Crippen LogP) is 3.32. The van der Waals surface area contributed by atoms with E-state index in [1.54, 1.807) is 0 Å². The summed E-state index contributed by atoms with van der Waals surface area (Å²) in [5.74, 6) is 0.835. The van der Waals surface area contributed by atoms with Crippen molar-refractivity contribution in [3.63, 3.8) is 0 Å². The van der Waals surface area contributed by atoms with E-state index in [9.17, 15) is 4.79 Å². The Morgan fingerprint density at radius 2 is 1.90 bits per heavy atom. The quantitative estimate of drug-likeness (QED) is 0.806. The topological polar surface area (TPSA) is 46.3 Å². The largest absolute Gasteiger partial charge is 0.338 e. The van der Waals surface area contributed by atoms with E-state index in [-0.39, 0.29) is 5.91 Å². The van der Waals surface area contributed by atoms with E-state index in [0.29, 0.717) is 22.8 Å². The van der Waals surface area contributed by atoms with E-state index in [1.165, 1.54) is 19.3 Å². The van der Waals surface area contributed by atoms with Crippen molar-refractivity contribution in [2.24, 2.45) is 22.5 Å². The first-order valence-corrected chi connectivity index (χ1v) is 8.73. The van der Waals surface area contributed by atoms with Crippen LogP contribution in [0.15, 0.2) is 0 Å². The molecule has 1 saturated heterocycles. The lowest BCUT2D eigenvalue weighted by molar-refractivity contribution is -0.140. The van der Waals surface area contributed by atoms with E-state index >= 15 is 0 Å². The Hall–Kier alpha value is -0.570. The zero-order valence-electron chi connectivity index (χ0n) is 14.2. The average Bonchev–Trinajstić information content (AvgIpc) is 2.57. The molecule has 1 aliphatic heterocycles. The van der Waals surface area contributed by atoms with Gasteiger partial charge in [-0.2, -0.15) is 0 Å². The summed E-state index contributed by atoms with van der Waals surface area (Å²) in [4.78, 5) is 15.3. The highest BCUT2D eigenvalue weighted by atomic mass is 16.2. The minimum Gasteiger partial charge on any atom is -0.338 e. The Balaban J connectivity index is 1.80. The Morgan fingerprint density at radius 1 is 1.19 bits per heavy atom. The average molecular weight is 292 g/mol. The molecule has 3 rings (SSSR count). The Bertz CT molecular complexity index is 446. The zero-order chi connectivity index (χ0) is 15.5. The number of fused-ring (bicyclic) bond motifs is 2. The van der Waals surface area contributed by atoms with Crippen LogP contribution in [0.2, 0.25) is 0 Å². The van der Waals surface area contributed by atoms with Gasteiger partial charge in [0.05, 0.1) is 5.54 Å². The summed E-state index contributed by atoms with van der Waals surface area (Å²) in [6.45, 7) is 10.2. The molecule has 1 amide bonds. The maximum atomic E-state index is 13.2. The molecule has 2 saturated carbocycles. The molecule has 0 aromatic rings. The molecule has 3 aliphatic rings. The molecular formula is C18H32N2O. The fraction of sp³-hybridized carbons (Fsp3) is 0.944. The van der Waals surface area contributed by atoms with Crippen LogP contribution in [0.5, 0.6) is 0 Å². The van der Waals surface area contributed by atoms with E-state index in [0.717, 1.165) is 32.2 Å². The molecule has 3 heteroatoms. The molecule has 3 fully saturated rings. The van der Waals surface area contributed by atoms with Crippen LogP contribution in [-0.4, -0.2) is 28.9 Å². The lowest BCUT2D eigenvalue weighted by atomic mass is 9.65. The highest BCUT2D eigenvalue weighted by molar-refractivity contribution is 5.87. The van der Waals surface area contributed by atoms with Crippen molar-refractivity contribution in [3.8, 4) is 0 Å². The van der Waals surface area contributed by atoms with Crippen LogP contribution >= 0.6 is 0 Å². The highest BCUT2D eigenvalue weighted by Gasteiger charge is 2.53. The minimum absolute atomic E-state index is 0.250. The maximum absolute atomic E-state index is 13.2. The SMILES string of the molecule is CC1CCCC(N)(C(=O)N2CC3(C)CC2CC(C)(C)C3)C1. The van der Waals surface area contributed by atoms with Gasteiger partial charge in [-0.05, 0) is 48.9 Å². The van der Waals surface area contributed by atoms with Crippen LogP contribution in [0.3, 0.4) is 0 Å². The lowest BCUT2D eigenvalue weighted by Gasteiger charge is -2.41. The van der Waals surface area contributed by atoms with E-state index in [2.05, 4.69) is 32.6 Å². The van der Waals surface area contributed by atoms with Crippen LogP contribution in [0.25, 0.3) is 0 Å². The van der Waals surface area contributed by atoms with Crippen LogP contribution in [0.4, 0.5) is 0 Å². The third-order valence-corrected chi connectivity index (χ3v) is 6.13. The van der Waals surface area contributed by atoms with Crippen molar-refractivity contribution in [2.45, 2.75) is 84.2 Å². The fourth-order valence-corrected chi connectivity index (χ4v) is 5.77. The number of hydrogen-bond donors (Lipinski definition) is 1. The molecule has 4 atom stereocenters. The summed E-state index contributed by atoms with van der Waals surface area (Å²) in [5, 5.41) is 0. The van der Waals surface area contributed by atoms with Gasteiger partial charge in [0.2, 0.25) is 5.91 Å². The normalized spacial score (nSPS) is 45.7.